The summed E-state index contributed by atoms with van der Waals surface area (Å²) >= 11 is 0. The van der Waals surface area contributed by atoms with Crippen molar-refractivity contribution in [2.24, 2.45) is 0 Å². The van der Waals surface area contributed by atoms with Crippen LogP contribution in [0.4, 0.5) is 0 Å². The molecule has 7 nitrogen and oxygen atoms in total. The second kappa shape index (κ2) is 5.69. The summed E-state index contributed by atoms with van der Waals surface area (Å²) in [6.07, 6.45) is 0. The Kier molecular flexibility index (Phi) is 4.51. The Balaban J connectivity index is 3.06. The standard InChI is InChI=1S/C10H14N2O5S/c1-7(13)11-12-18(14,15)8-4-5-9(16-2)10(6-8)17-3/h4-6,12H,1-3H3,(H,11,13). The molecule has 100 valence electrons. The summed E-state index contributed by atoms with van der Waals surface area (Å²) in [5, 5.41) is 0. The van der Waals surface area contributed by atoms with Crippen molar-refractivity contribution in [2.75, 3.05) is 14.2 Å². The molecule has 1 aromatic carbocycles. The first-order chi connectivity index (χ1) is 8.40. The summed E-state index contributed by atoms with van der Waals surface area (Å²) in [5.74, 6) is 0.179. The molecule has 0 radical (unpaired) electrons. The van der Waals surface area contributed by atoms with E-state index in [2.05, 4.69) is 0 Å². The van der Waals surface area contributed by atoms with Gasteiger partial charge >= 0.3 is 0 Å². The van der Waals surface area contributed by atoms with Gasteiger partial charge in [0.2, 0.25) is 5.91 Å². The van der Waals surface area contributed by atoms with Gasteiger partial charge in [0.05, 0.1) is 19.1 Å². The summed E-state index contributed by atoms with van der Waals surface area (Å²) in [7, 11) is -0.986. The molecule has 1 rings (SSSR count). The molecule has 0 bridgehead atoms. The van der Waals surface area contributed by atoms with E-state index in [9.17, 15) is 13.2 Å². The average molecular weight is 274 g/mol. The van der Waals surface area contributed by atoms with Crippen molar-refractivity contribution in [3.8, 4) is 11.5 Å². The maximum atomic E-state index is 11.8. The first-order valence-electron chi connectivity index (χ1n) is 4.91. The zero-order chi connectivity index (χ0) is 13.8. The molecule has 0 aromatic heterocycles. The Bertz CT molecular complexity index is 541. The Labute approximate surface area is 105 Å². The molecule has 0 aliphatic heterocycles. The summed E-state index contributed by atoms with van der Waals surface area (Å²) in [6.45, 7) is 1.19. The predicted octanol–water partition coefficient (Wildman–Crippen LogP) is 0.0332. The van der Waals surface area contributed by atoms with Crippen molar-refractivity contribution < 1.29 is 22.7 Å². The van der Waals surface area contributed by atoms with E-state index in [0.717, 1.165) is 0 Å². The van der Waals surface area contributed by atoms with Crippen LogP contribution in [0.1, 0.15) is 6.92 Å². The highest BCUT2D eigenvalue weighted by Gasteiger charge is 2.17. The third-order valence-corrected chi connectivity index (χ3v) is 3.27. The van der Waals surface area contributed by atoms with Gasteiger partial charge in [-0.05, 0) is 12.1 Å². The molecule has 2 N–H and O–H groups in total. The zero-order valence-electron chi connectivity index (χ0n) is 10.2. The molecule has 0 heterocycles. The van der Waals surface area contributed by atoms with E-state index in [1.54, 1.807) is 0 Å². The lowest BCUT2D eigenvalue weighted by Crippen LogP contribution is -2.40. The van der Waals surface area contributed by atoms with E-state index in [1.165, 1.54) is 39.3 Å². The molecule has 0 aliphatic rings. The fourth-order valence-electron chi connectivity index (χ4n) is 1.18. The van der Waals surface area contributed by atoms with E-state index in [0.29, 0.717) is 5.75 Å². The van der Waals surface area contributed by atoms with E-state index in [4.69, 9.17) is 9.47 Å². The Morgan fingerprint density at radius 1 is 1.17 bits per heavy atom. The van der Waals surface area contributed by atoms with Gasteiger partial charge in [-0.3, -0.25) is 10.2 Å². The maximum absolute atomic E-state index is 11.8. The minimum atomic E-state index is -3.83. The number of hydrogen-bond acceptors (Lipinski definition) is 5. The Morgan fingerprint density at radius 2 is 1.78 bits per heavy atom. The van der Waals surface area contributed by atoms with Gasteiger partial charge in [0.1, 0.15) is 0 Å². The number of sulfonamides is 1. The highest BCUT2D eigenvalue weighted by Crippen LogP contribution is 2.29. The molecule has 0 fully saturated rings. The highest BCUT2D eigenvalue weighted by atomic mass is 32.2. The molecule has 0 unspecified atom stereocenters. The summed E-state index contributed by atoms with van der Waals surface area (Å²) in [6, 6.07) is 4.09. The van der Waals surface area contributed by atoms with Crippen molar-refractivity contribution in [1.29, 1.82) is 0 Å². The Morgan fingerprint density at radius 3 is 2.28 bits per heavy atom. The van der Waals surface area contributed by atoms with Crippen molar-refractivity contribution in [3.05, 3.63) is 18.2 Å². The van der Waals surface area contributed by atoms with Crippen LogP contribution in [0.5, 0.6) is 11.5 Å². The smallest absolute Gasteiger partial charge is 0.257 e. The molecular weight excluding hydrogens is 260 g/mol. The minimum Gasteiger partial charge on any atom is -0.493 e. The highest BCUT2D eigenvalue weighted by molar-refractivity contribution is 7.89. The molecule has 0 atom stereocenters. The van der Waals surface area contributed by atoms with Crippen LogP contribution in [0.3, 0.4) is 0 Å². The predicted molar refractivity (Wildman–Crippen MR) is 63.7 cm³/mol. The molecule has 18 heavy (non-hydrogen) atoms. The van der Waals surface area contributed by atoms with Crippen molar-refractivity contribution >= 4 is 15.9 Å². The van der Waals surface area contributed by atoms with Gasteiger partial charge in [0, 0.05) is 13.0 Å². The van der Waals surface area contributed by atoms with Crippen LogP contribution < -0.4 is 19.7 Å². The Hall–Kier alpha value is -1.80. The molecule has 0 spiro atoms. The molecule has 0 aliphatic carbocycles. The summed E-state index contributed by atoms with van der Waals surface area (Å²) in [4.78, 5) is 12.6. The topological polar surface area (TPSA) is 93.7 Å². The number of nitrogens with one attached hydrogen (secondary N) is 2. The number of rotatable bonds is 5. The largest absolute Gasteiger partial charge is 0.493 e. The third-order valence-electron chi connectivity index (χ3n) is 2.03. The van der Waals surface area contributed by atoms with E-state index in [1.807, 2.05) is 10.3 Å². The lowest BCUT2D eigenvalue weighted by atomic mass is 10.3. The molecule has 1 aromatic rings. The van der Waals surface area contributed by atoms with Gasteiger partial charge in [-0.25, -0.2) is 8.42 Å². The third kappa shape index (κ3) is 3.34. The first-order valence-corrected chi connectivity index (χ1v) is 6.39. The van der Waals surface area contributed by atoms with Crippen LogP contribution in [0, 0.1) is 0 Å². The fourth-order valence-corrected chi connectivity index (χ4v) is 2.09. The SMILES string of the molecule is COc1ccc(S(=O)(=O)NNC(C)=O)cc1OC. The maximum Gasteiger partial charge on any atom is 0.257 e. The van der Waals surface area contributed by atoms with Crippen LogP contribution >= 0.6 is 0 Å². The number of carbonyl (C=O) groups excluding carboxylic acids is 1. The second-order valence-corrected chi connectivity index (χ2v) is 4.99. The molecule has 0 saturated carbocycles. The molecule has 1 amide bonds. The van der Waals surface area contributed by atoms with Crippen molar-refractivity contribution in [1.82, 2.24) is 10.3 Å². The quantitative estimate of drug-likeness (QED) is 0.739. The molecule has 0 saturated heterocycles. The van der Waals surface area contributed by atoms with E-state index >= 15 is 0 Å². The number of benzene rings is 1. The average Bonchev–Trinajstić information content (AvgIpc) is 2.35. The fraction of sp³-hybridized carbons (Fsp3) is 0.300. The van der Waals surface area contributed by atoms with Gasteiger partial charge in [0.15, 0.2) is 11.5 Å². The van der Waals surface area contributed by atoms with E-state index < -0.39 is 15.9 Å². The number of hydrazine groups is 1. The van der Waals surface area contributed by atoms with Gasteiger partial charge < -0.3 is 9.47 Å². The normalized spacial score (nSPS) is 10.8. The van der Waals surface area contributed by atoms with Gasteiger partial charge in [-0.2, -0.15) is 0 Å². The molecule has 8 heteroatoms. The van der Waals surface area contributed by atoms with Crippen LogP contribution in [-0.2, 0) is 14.8 Å². The first kappa shape index (κ1) is 14.3. The van der Waals surface area contributed by atoms with Crippen LogP contribution in [-0.4, -0.2) is 28.5 Å². The van der Waals surface area contributed by atoms with Gasteiger partial charge in [0.25, 0.3) is 10.0 Å². The number of ether oxygens (including phenoxy) is 2. The van der Waals surface area contributed by atoms with Crippen LogP contribution in [0.15, 0.2) is 23.1 Å². The number of hydrogen-bond donors (Lipinski definition) is 2. The minimum absolute atomic E-state index is 0.0473. The second-order valence-electron chi connectivity index (χ2n) is 3.30. The van der Waals surface area contributed by atoms with Crippen LogP contribution in [0.25, 0.3) is 0 Å². The van der Waals surface area contributed by atoms with E-state index in [-0.39, 0.29) is 10.6 Å². The number of amides is 1. The number of carbonyl (C=O) groups is 1. The lowest BCUT2D eigenvalue weighted by molar-refractivity contribution is -0.119. The van der Waals surface area contributed by atoms with Crippen molar-refractivity contribution in [2.45, 2.75) is 11.8 Å². The monoisotopic (exact) mass is 274 g/mol. The lowest BCUT2D eigenvalue weighted by Gasteiger charge is -2.10. The summed E-state index contributed by atoms with van der Waals surface area (Å²) in [5.41, 5.74) is 2.00. The van der Waals surface area contributed by atoms with Gasteiger partial charge in [-0.15, -0.1) is 4.83 Å². The molecular formula is C10H14N2O5S. The number of methoxy groups -OCH3 is 2. The zero-order valence-corrected chi connectivity index (χ0v) is 11.0. The van der Waals surface area contributed by atoms with Gasteiger partial charge in [-0.1, -0.05) is 0 Å². The summed E-state index contributed by atoms with van der Waals surface area (Å²) < 4.78 is 33.5. The van der Waals surface area contributed by atoms with Crippen LogP contribution in [0.2, 0.25) is 0 Å². The van der Waals surface area contributed by atoms with Crippen molar-refractivity contribution in [3.63, 3.8) is 0 Å².